The summed E-state index contributed by atoms with van der Waals surface area (Å²) in [6, 6.07) is 5.43. The van der Waals surface area contributed by atoms with E-state index in [1.807, 2.05) is 6.07 Å². The van der Waals surface area contributed by atoms with Gasteiger partial charge in [0.2, 0.25) is 0 Å². The quantitative estimate of drug-likeness (QED) is 0.873. The first-order chi connectivity index (χ1) is 8.54. The highest BCUT2D eigenvalue weighted by atomic mass is 32.2. The minimum Gasteiger partial charge on any atom is -0.493 e. The highest BCUT2D eigenvalue weighted by Crippen LogP contribution is 2.30. The number of hydrogen-bond donors (Lipinski definition) is 1. The standard InChI is InChI=1S/C12H17NO4S/c1-16-11-3-2-9(7-13)6-12(11)17-10-4-5-18(14,15)8-10/h2-3,6,10H,4-5,7-8,13H2,1H3. The number of ether oxygens (including phenoxy) is 2. The van der Waals surface area contributed by atoms with E-state index in [9.17, 15) is 8.42 Å². The molecule has 1 aliphatic heterocycles. The molecular weight excluding hydrogens is 254 g/mol. The minimum absolute atomic E-state index is 0.0724. The molecule has 0 amide bonds. The van der Waals surface area contributed by atoms with E-state index in [4.69, 9.17) is 15.2 Å². The summed E-state index contributed by atoms with van der Waals surface area (Å²) in [6.45, 7) is 0.406. The molecule has 1 heterocycles. The van der Waals surface area contributed by atoms with Crippen molar-refractivity contribution in [1.29, 1.82) is 0 Å². The van der Waals surface area contributed by atoms with E-state index >= 15 is 0 Å². The first-order valence-electron chi connectivity index (χ1n) is 5.78. The van der Waals surface area contributed by atoms with Gasteiger partial charge in [-0.25, -0.2) is 8.42 Å². The van der Waals surface area contributed by atoms with Gasteiger partial charge in [-0.2, -0.15) is 0 Å². The van der Waals surface area contributed by atoms with Gasteiger partial charge in [0.25, 0.3) is 0 Å². The van der Waals surface area contributed by atoms with Crippen molar-refractivity contribution in [3.8, 4) is 11.5 Å². The molecule has 0 spiro atoms. The lowest BCUT2D eigenvalue weighted by Gasteiger charge is -2.15. The molecule has 1 aromatic rings. The van der Waals surface area contributed by atoms with Crippen LogP contribution in [0, 0.1) is 0 Å². The molecule has 0 bridgehead atoms. The molecule has 0 aliphatic carbocycles. The lowest BCUT2D eigenvalue weighted by Crippen LogP contribution is -2.18. The first-order valence-corrected chi connectivity index (χ1v) is 7.60. The predicted molar refractivity (Wildman–Crippen MR) is 68.6 cm³/mol. The molecule has 5 nitrogen and oxygen atoms in total. The number of rotatable bonds is 4. The largest absolute Gasteiger partial charge is 0.493 e. The summed E-state index contributed by atoms with van der Waals surface area (Å²) in [6.07, 6.45) is 0.232. The Morgan fingerprint density at radius 3 is 2.72 bits per heavy atom. The van der Waals surface area contributed by atoms with E-state index in [0.29, 0.717) is 24.5 Å². The Kier molecular flexibility index (Phi) is 3.77. The average molecular weight is 271 g/mol. The van der Waals surface area contributed by atoms with Gasteiger partial charge in [-0.3, -0.25) is 0 Å². The van der Waals surface area contributed by atoms with Crippen molar-refractivity contribution in [2.75, 3.05) is 18.6 Å². The predicted octanol–water partition coefficient (Wildman–Crippen LogP) is 0.720. The zero-order chi connectivity index (χ0) is 13.2. The third-order valence-electron chi connectivity index (χ3n) is 2.95. The van der Waals surface area contributed by atoms with Crippen molar-refractivity contribution in [3.05, 3.63) is 23.8 Å². The lowest BCUT2D eigenvalue weighted by atomic mass is 10.2. The number of methoxy groups -OCH3 is 1. The van der Waals surface area contributed by atoms with Gasteiger partial charge in [-0.1, -0.05) is 6.07 Å². The van der Waals surface area contributed by atoms with Crippen LogP contribution >= 0.6 is 0 Å². The number of nitrogens with two attached hydrogens (primary N) is 1. The van der Waals surface area contributed by atoms with E-state index < -0.39 is 9.84 Å². The number of hydrogen-bond acceptors (Lipinski definition) is 5. The highest BCUT2D eigenvalue weighted by Gasteiger charge is 2.30. The van der Waals surface area contributed by atoms with Crippen molar-refractivity contribution in [1.82, 2.24) is 0 Å². The Labute approximate surface area is 107 Å². The normalized spacial score (nSPS) is 21.8. The molecule has 1 aliphatic rings. The molecule has 1 unspecified atom stereocenters. The molecule has 1 atom stereocenters. The maximum absolute atomic E-state index is 11.4. The maximum Gasteiger partial charge on any atom is 0.161 e. The zero-order valence-corrected chi connectivity index (χ0v) is 11.1. The molecular formula is C12H17NO4S. The highest BCUT2D eigenvalue weighted by molar-refractivity contribution is 7.91. The SMILES string of the molecule is COc1ccc(CN)cc1OC1CCS(=O)(=O)C1. The van der Waals surface area contributed by atoms with Crippen molar-refractivity contribution in [2.45, 2.75) is 19.1 Å². The van der Waals surface area contributed by atoms with E-state index in [0.717, 1.165) is 5.56 Å². The minimum atomic E-state index is -2.94. The van der Waals surface area contributed by atoms with Crippen LogP contribution in [-0.2, 0) is 16.4 Å². The Morgan fingerprint density at radius 2 is 2.17 bits per heavy atom. The summed E-state index contributed by atoms with van der Waals surface area (Å²) in [4.78, 5) is 0. The summed E-state index contributed by atoms with van der Waals surface area (Å²) in [7, 11) is -1.39. The van der Waals surface area contributed by atoms with Crippen LogP contribution in [-0.4, -0.2) is 33.1 Å². The summed E-state index contributed by atoms with van der Waals surface area (Å²) in [5.74, 6) is 1.42. The van der Waals surface area contributed by atoms with Gasteiger partial charge in [0.15, 0.2) is 21.3 Å². The Bertz CT molecular complexity index is 527. The Morgan fingerprint density at radius 1 is 1.39 bits per heavy atom. The number of benzene rings is 1. The average Bonchev–Trinajstić information content (AvgIpc) is 2.68. The van der Waals surface area contributed by atoms with Crippen LogP contribution in [0.1, 0.15) is 12.0 Å². The molecule has 1 fully saturated rings. The van der Waals surface area contributed by atoms with Gasteiger partial charge >= 0.3 is 0 Å². The van der Waals surface area contributed by atoms with Crippen LogP contribution < -0.4 is 15.2 Å². The number of sulfone groups is 1. The first kappa shape index (κ1) is 13.2. The Balaban J connectivity index is 2.17. The third-order valence-corrected chi connectivity index (χ3v) is 4.69. The van der Waals surface area contributed by atoms with Crippen LogP contribution in [0.2, 0.25) is 0 Å². The lowest BCUT2D eigenvalue weighted by molar-refractivity contribution is 0.218. The van der Waals surface area contributed by atoms with Crippen molar-refractivity contribution in [2.24, 2.45) is 5.73 Å². The molecule has 0 saturated carbocycles. The van der Waals surface area contributed by atoms with Gasteiger partial charge in [-0.05, 0) is 24.1 Å². The van der Waals surface area contributed by atoms with Crippen LogP contribution in [0.25, 0.3) is 0 Å². The second-order valence-corrected chi connectivity index (χ2v) is 6.56. The smallest absolute Gasteiger partial charge is 0.161 e. The molecule has 0 aromatic heterocycles. The fourth-order valence-corrected chi connectivity index (χ4v) is 3.56. The summed E-state index contributed by atoms with van der Waals surface area (Å²) < 4.78 is 33.7. The molecule has 0 radical (unpaired) electrons. The third kappa shape index (κ3) is 2.94. The van der Waals surface area contributed by atoms with Gasteiger partial charge in [0.05, 0.1) is 18.6 Å². The molecule has 6 heteroatoms. The van der Waals surface area contributed by atoms with Crippen LogP contribution in [0.4, 0.5) is 0 Å². The van der Waals surface area contributed by atoms with E-state index in [-0.39, 0.29) is 17.6 Å². The Hall–Kier alpha value is -1.27. The molecule has 2 N–H and O–H groups in total. The fraction of sp³-hybridized carbons (Fsp3) is 0.500. The summed E-state index contributed by atoms with van der Waals surface area (Å²) in [5, 5.41) is 0. The molecule has 1 saturated heterocycles. The van der Waals surface area contributed by atoms with Crippen LogP contribution in [0.15, 0.2) is 18.2 Å². The van der Waals surface area contributed by atoms with E-state index in [1.165, 1.54) is 0 Å². The van der Waals surface area contributed by atoms with Crippen molar-refractivity contribution < 1.29 is 17.9 Å². The molecule has 1 aromatic carbocycles. The van der Waals surface area contributed by atoms with Gasteiger partial charge in [0, 0.05) is 6.54 Å². The van der Waals surface area contributed by atoms with Crippen molar-refractivity contribution in [3.63, 3.8) is 0 Å². The van der Waals surface area contributed by atoms with Gasteiger partial charge in [-0.15, -0.1) is 0 Å². The van der Waals surface area contributed by atoms with E-state index in [1.54, 1.807) is 19.2 Å². The summed E-state index contributed by atoms with van der Waals surface area (Å²) >= 11 is 0. The van der Waals surface area contributed by atoms with Crippen LogP contribution in [0.5, 0.6) is 11.5 Å². The van der Waals surface area contributed by atoms with Gasteiger partial charge < -0.3 is 15.2 Å². The van der Waals surface area contributed by atoms with Crippen LogP contribution in [0.3, 0.4) is 0 Å². The summed E-state index contributed by atoms with van der Waals surface area (Å²) in [5.41, 5.74) is 6.49. The van der Waals surface area contributed by atoms with E-state index in [2.05, 4.69) is 0 Å². The molecule has 100 valence electrons. The second kappa shape index (κ2) is 5.16. The van der Waals surface area contributed by atoms with Gasteiger partial charge in [0.1, 0.15) is 6.10 Å². The monoisotopic (exact) mass is 271 g/mol. The van der Waals surface area contributed by atoms with Crippen molar-refractivity contribution >= 4 is 9.84 Å². The zero-order valence-electron chi connectivity index (χ0n) is 10.3. The molecule has 2 rings (SSSR count). The fourth-order valence-electron chi connectivity index (χ4n) is 1.97. The molecule has 18 heavy (non-hydrogen) atoms. The topological polar surface area (TPSA) is 78.6 Å². The maximum atomic E-state index is 11.4. The second-order valence-electron chi connectivity index (χ2n) is 4.33.